The van der Waals surface area contributed by atoms with Crippen LogP contribution >= 0.6 is 11.3 Å². The second-order valence-corrected chi connectivity index (χ2v) is 7.28. The first kappa shape index (κ1) is 16.7. The van der Waals surface area contributed by atoms with Crippen molar-refractivity contribution in [1.82, 2.24) is 15.2 Å². The molecule has 2 rings (SSSR count). The van der Waals surface area contributed by atoms with Crippen LogP contribution in [0.5, 0.6) is 0 Å². The summed E-state index contributed by atoms with van der Waals surface area (Å²) >= 11 is 1.86. The van der Waals surface area contributed by atoms with Crippen molar-refractivity contribution in [3.63, 3.8) is 0 Å². The Morgan fingerprint density at radius 3 is 2.71 bits per heavy atom. The molecular weight excluding hydrogens is 280 g/mol. The highest BCUT2D eigenvalue weighted by Gasteiger charge is 2.24. The van der Waals surface area contributed by atoms with Crippen LogP contribution in [0.15, 0.2) is 0 Å². The fourth-order valence-corrected chi connectivity index (χ4v) is 4.06. The van der Waals surface area contributed by atoms with E-state index in [1.165, 1.54) is 48.1 Å². The number of likely N-dealkylation sites (tertiary alicyclic amines) is 1. The van der Waals surface area contributed by atoms with Crippen molar-refractivity contribution >= 4 is 16.5 Å². The Hall–Kier alpha value is -0.650. The maximum atomic E-state index is 4.82. The molecule has 120 valence electrons. The maximum Gasteiger partial charge on any atom is 0.185 e. The third-order valence-corrected chi connectivity index (χ3v) is 5.88. The first-order valence-corrected chi connectivity index (χ1v) is 8.96. The zero-order valence-corrected chi connectivity index (χ0v) is 15.0. The fourth-order valence-electron chi connectivity index (χ4n) is 2.94. The zero-order chi connectivity index (χ0) is 15.4. The minimum absolute atomic E-state index is 0.405. The van der Waals surface area contributed by atoms with E-state index in [1.54, 1.807) is 0 Å². The number of hydrogen-bond donors (Lipinski definition) is 1. The van der Waals surface area contributed by atoms with E-state index >= 15 is 0 Å². The minimum atomic E-state index is 0.405. The third kappa shape index (κ3) is 4.18. The Morgan fingerprint density at radius 1 is 1.43 bits per heavy atom. The lowest BCUT2D eigenvalue weighted by molar-refractivity contribution is 0.253. The molecule has 1 N–H and O–H groups in total. The molecule has 5 heteroatoms. The van der Waals surface area contributed by atoms with Gasteiger partial charge < -0.3 is 15.1 Å². The first-order valence-electron chi connectivity index (χ1n) is 8.15. The smallest absolute Gasteiger partial charge is 0.185 e. The Kier molecular flexibility index (Phi) is 6.02. The molecule has 1 aromatic heterocycles. The molecule has 1 aromatic rings. The van der Waals surface area contributed by atoms with Crippen LogP contribution in [0.2, 0.25) is 0 Å². The van der Waals surface area contributed by atoms with Gasteiger partial charge in [0.2, 0.25) is 0 Å². The molecule has 4 nitrogen and oxygen atoms in total. The SMILES string of the molecule is CCCNC(C)c1sc(N(C)C2CCN(C)CC2)nc1C. The van der Waals surface area contributed by atoms with Crippen LogP contribution in [-0.4, -0.2) is 49.7 Å². The third-order valence-electron chi connectivity index (χ3n) is 4.45. The van der Waals surface area contributed by atoms with Gasteiger partial charge in [0, 0.05) is 24.0 Å². The molecule has 1 aliphatic rings. The molecule has 2 heterocycles. The normalized spacial score (nSPS) is 18.9. The van der Waals surface area contributed by atoms with Crippen molar-refractivity contribution in [3.05, 3.63) is 10.6 Å². The van der Waals surface area contributed by atoms with Crippen LogP contribution in [0.4, 0.5) is 5.13 Å². The Labute approximate surface area is 133 Å². The molecule has 0 aromatic carbocycles. The number of nitrogens with one attached hydrogen (secondary N) is 1. The Morgan fingerprint density at radius 2 is 2.10 bits per heavy atom. The second-order valence-electron chi connectivity index (χ2n) is 6.27. The standard InChI is InChI=1S/C16H30N4S/c1-6-9-17-12(2)15-13(3)18-16(21-15)20(5)14-7-10-19(4)11-8-14/h12,14,17H,6-11H2,1-5H3. The molecule has 0 radical (unpaired) electrons. The fraction of sp³-hybridized carbons (Fsp3) is 0.812. The average Bonchev–Trinajstić information content (AvgIpc) is 2.87. The van der Waals surface area contributed by atoms with Gasteiger partial charge in [-0.3, -0.25) is 0 Å². The summed E-state index contributed by atoms with van der Waals surface area (Å²) in [6.07, 6.45) is 3.65. The maximum absolute atomic E-state index is 4.82. The predicted octanol–water partition coefficient (Wildman–Crippen LogP) is 3.04. The largest absolute Gasteiger partial charge is 0.348 e. The lowest BCUT2D eigenvalue weighted by Crippen LogP contribution is -2.41. The van der Waals surface area contributed by atoms with Gasteiger partial charge in [-0.2, -0.15) is 0 Å². The molecule has 1 fully saturated rings. The van der Waals surface area contributed by atoms with E-state index in [0.717, 1.165) is 6.54 Å². The van der Waals surface area contributed by atoms with Crippen molar-refractivity contribution < 1.29 is 0 Å². The quantitative estimate of drug-likeness (QED) is 0.875. The first-order chi connectivity index (χ1) is 10.0. The minimum Gasteiger partial charge on any atom is -0.348 e. The number of thiazole rings is 1. The van der Waals surface area contributed by atoms with Gasteiger partial charge in [-0.05, 0) is 59.8 Å². The lowest BCUT2D eigenvalue weighted by Gasteiger charge is -2.34. The van der Waals surface area contributed by atoms with Gasteiger partial charge in [-0.15, -0.1) is 11.3 Å². The van der Waals surface area contributed by atoms with E-state index < -0.39 is 0 Å². The van der Waals surface area contributed by atoms with Crippen molar-refractivity contribution in [2.75, 3.05) is 38.6 Å². The summed E-state index contributed by atoms with van der Waals surface area (Å²) in [7, 11) is 4.42. The summed E-state index contributed by atoms with van der Waals surface area (Å²) < 4.78 is 0. The summed E-state index contributed by atoms with van der Waals surface area (Å²) in [4.78, 5) is 11.0. The van der Waals surface area contributed by atoms with E-state index in [1.807, 2.05) is 11.3 Å². The number of hydrogen-bond acceptors (Lipinski definition) is 5. The molecule has 0 amide bonds. The molecular formula is C16H30N4S. The van der Waals surface area contributed by atoms with Crippen molar-refractivity contribution in [3.8, 4) is 0 Å². The van der Waals surface area contributed by atoms with E-state index in [9.17, 15) is 0 Å². The predicted molar refractivity (Wildman–Crippen MR) is 92.5 cm³/mol. The van der Waals surface area contributed by atoms with E-state index in [-0.39, 0.29) is 0 Å². The van der Waals surface area contributed by atoms with Crippen LogP contribution in [-0.2, 0) is 0 Å². The van der Waals surface area contributed by atoms with Gasteiger partial charge in [0.05, 0.1) is 5.69 Å². The summed E-state index contributed by atoms with van der Waals surface area (Å²) in [6, 6.07) is 1.04. The van der Waals surface area contributed by atoms with Crippen LogP contribution in [0.1, 0.15) is 49.7 Å². The van der Waals surface area contributed by atoms with Gasteiger partial charge in [0.15, 0.2) is 5.13 Å². The number of aryl methyl sites for hydroxylation is 1. The van der Waals surface area contributed by atoms with E-state index in [0.29, 0.717) is 12.1 Å². The Balaban J connectivity index is 2.03. The highest BCUT2D eigenvalue weighted by atomic mass is 32.1. The summed E-state index contributed by atoms with van der Waals surface area (Å²) in [5.41, 5.74) is 1.19. The van der Waals surface area contributed by atoms with Gasteiger partial charge in [0.1, 0.15) is 0 Å². The van der Waals surface area contributed by atoms with Crippen LogP contribution in [0.25, 0.3) is 0 Å². The Bertz CT molecular complexity index is 437. The number of piperidine rings is 1. The van der Waals surface area contributed by atoms with Crippen LogP contribution in [0, 0.1) is 6.92 Å². The molecule has 0 aliphatic carbocycles. The molecule has 1 aliphatic heterocycles. The number of rotatable bonds is 6. The molecule has 1 saturated heterocycles. The lowest BCUT2D eigenvalue weighted by atomic mass is 10.0. The van der Waals surface area contributed by atoms with Gasteiger partial charge in [-0.25, -0.2) is 4.98 Å². The second kappa shape index (κ2) is 7.56. The number of nitrogens with zero attached hydrogens (tertiary/aromatic N) is 3. The van der Waals surface area contributed by atoms with Gasteiger partial charge in [-0.1, -0.05) is 6.92 Å². The molecule has 0 saturated carbocycles. The molecule has 0 spiro atoms. The molecule has 0 bridgehead atoms. The van der Waals surface area contributed by atoms with Crippen molar-refractivity contribution in [2.24, 2.45) is 0 Å². The molecule has 21 heavy (non-hydrogen) atoms. The molecule has 1 unspecified atom stereocenters. The summed E-state index contributed by atoms with van der Waals surface area (Å²) in [5.74, 6) is 0. The topological polar surface area (TPSA) is 31.4 Å². The van der Waals surface area contributed by atoms with E-state index in [4.69, 9.17) is 4.98 Å². The highest BCUT2D eigenvalue weighted by molar-refractivity contribution is 7.15. The average molecular weight is 311 g/mol. The monoisotopic (exact) mass is 310 g/mol. The van der Waals surface area contributed by atoms with Crippen LogP contribution in [0.3, 0.4) is 0 Å². The molecule has 1 atom stereocenters. The number of aromatic nitrogens is 1. The van der Waals surface area contributed by atoms with Crippen molar-refractivity contribution in [2.45, 2.75) is 52.1 Å². The van der Waals surface area contributed by atoms with Crippen molar-refractivity contribution in [1.29, 1.82) is 0 Å². The summed E-state index contributed by atoms with van der Waals surface area (Å²) in [5, 5.41) is 4.75. The summed E-state index contributed by atoms with van der Waals surface area (Å²) in [6.45, 7) is 10.1. The van der Waals surface area contributed by atoms with Gasteiger partial charge >= 0.3 is 0 Å². The zero-order valence-electron chi connectivity index (χ0n) is 14.1. The van der Waals surface area contributed by atoms with Gasteiger partial charge in [0.25, 0.3) is 0 Å². The van der Waals surface area contributed by atoms with E-state index in [2.05, 4.69) is 50.0 Å². The highest BCUT2D eigenvalue weighted by Crippen LogP contribution is 2.32. The number of anilines is 1. The van der Waals surface area contributed by atoms with Crippen LogP contribution < -0.4 is 10.2 Å².